The lowest BCUT2D eigenvalue weighted by Crippen LogP contribution is -2.24. The molecule has 1 heterocycles. The van der Waals surface area contributed by atoms with E-state index in [4.69, 9.17) is 9.26 Å². The molecule has 1 N–H and O–H groups in total. The number of nitrogens with one attached hydrogen (secondary N) is 1. The molecule has 0 aliphatic rings. The van der Waals surface area contributed by atoms with Crippen LogP contribution in [0.25, 0.3) is 11.4 Å². The van der Waals surface area contributed by atoms with Crippen LogP contribution >= 0.6 is 0 Å². The Bertz CT molecular complexity index is 1030. The van der Waals surface area contributed by atoms with Crippen LogP contribution < -0.4 is 9.46 Å². The molecule has 0 saturated carbocycles. The largest absolute Gasteiger partial charge is 0.497 e. The number of ether oxygens (including phenoxy) is 1. The van der Waals surface area contributed by atoms with Crippen molar-refractivity contribution in [2.24, 2.45) is 0 Å². The maximum Gasteiger partial charge on any atom is 0.242 e. The Hall–Kier alpha value is -2.71. The summed E-state index contributed by atoms with van der Waals surface area (Å²) in [5, 5.41) is 3.89. The van der Waals surface area contributed by atoms with Crippen LogP contribution in [0.3, 0.4) is 0 Å². The molecular weight excluding hydrogens is 354 g/mol. The number of hydrogen-bond acceptors (Lipinski definition) is 6. The minimum absolute atomic E-state index is 0.0906. The minimum Gasteiger partial charge on any atom is -0.497 e. The van der Waals surface area contributed by atoms with Gasteiger partial charge in [0.2, 0.25) is 21.7 Å². The molecule has 0 unspecified atom stereocenters. The number of aryl methyl sites for hydroxylation is 2. The van der Waals surface area contributed by atoms with E-state index in [-0.39, 0.29) is 17.3 Å². The summed E-state index contributed by atoms with van der Waals surface area (Å²) in [5.41, 5.74) is 2.26. The van der Waals surface area contributed by atoms with Gasteiger partial charge in [-0.15, -0.1) is 0 Å². The Labute approximate surface area is 152 Å². The summed E-state index contributed by atoms with van der Waals surface area (Å²) in [5.74, 6) is 1.21. The van der Waals surface area contributed by atoms with Gasteiger partial charge in [0.05, 0.1) is 18.6 Å². The van der Waals surface area contributed by atoms with Gasteiger partial charge in [-0.1, -0.05) is 29.4 Å². The van der Waals surface area contributed by atoms with Gasteiger partial charge in [-0.3, -0.25) is 0 Å². The molecule has 0 radical (unpaired) electrons. The molecule has 0 fully saturated rings. The van der Waals surface area contributed by atoms with Gasteiger partial charge < -0.3 is 9.26 Å². The first kappa shape index (κ1) is 18.1. The Morgan fingerprint density at radius 1 is 1.15 bits per heavy atom. The van der Waals surface area contributed by atoms with Crippen LogP contribution in [0.4, 0.5) is 0 Å². The number of methoxy groups -OCH3 is 1. The highest BCUT2D eigenvalue weighted by Gasteiger charge is 2.18. The molecule has 0 bridgehead atoms. The van der Waals surface area contributed by atoms with E-state index >= 15 is 0 Å². The lowest BCUT2D eigenvalue weighted by Gasteiger charge is -2.08. The molecule has 0 amide bonds. The maximum absolute atomic E-state index is 12.5. The highest BCUT2D eigenvalue weighted by atomic mass is 32.2. The SMILES string of the molecule is COc1cccc(-c2noc(CNS(=O)(=O)c3cc(C)ccc3C)n2)c1. The highest BCUT2D eigenvalue weighted by Crippen LogP contribution is 2.21. The van der Waals surface area contributed by atoms with E-state index < -0.39 is 10.0 Å². The Morgan fingerprint density at radius 2 is 1.96 bits per heavy atom. The van der Waals surface area contributed by atoms with Crippen LogP contribution in [0.15, 0.2) is 51.9 Å². The summed E-state index contributed by atoms with van der Waals surface area (Å²) in [6, 6.07) is 12.5. The number of hydrogen-bond donors (Lipinski definition) is 1. The first-order valence-corrected chi connectivity index (χ1v) is 9.41. The summed E-state index contributed by atoms with van der Waals surface area (Å²) in [4.78, 5) is 4.47. The van der Waals surface area contributed by atoms with Crippen molar-refractivity contribution in [3.63, 3.8) is 0 Å². The van der Waals surface area contributed by atoms with Gasteiger partial charge in [0.15, 0.2) is 0 Å². The van der Waals surface area contributed by atoms with E-state index in [1.807, 2.05) is 31.2 Å². The van der Waals surface area contributed by atoms with Crippen molar-refractivity contribution in [1.29, 1.82) is 0 Å². The van der Waals surface area contributed by atoms with Crippen LogP contribution in [0.2, 0.25) is 0 Å². The molecule has 2 aromatic carbocycles. The smallest absolute Gasteiger partial charge is 0.242 e. The molecule has 3 rings (SSSR count). The first-order valence-electron chi connectivity index (χ1n) is 7.93. The fraction of sp³-hybridized carbons (Fsp3) is 0.222. The molecule has 0 atom stereocenters. The summed E-state index contributed by atoms with van der Waals surface area (Å²) in [7, 11) is -2.10. The van der Waals surface area contributed by atoms with Crippen molar-refractivity contribution in [2.45, 2.75) is 25.3 Å². The van der Waals surface area contributed by atoms with Crippen molar-refractivity contribution >= 4 is 10.0 Å². The number of rotatable bonds is 6. The predicted octanol–water partition coefficient (Wildman–Crippen LogP) is 2.84. The Balaban J connectivity index is 1.76. The first-order chi connectivity index (χ1) is 12.4. The number of benzene rings is 2. The number of nitrogens with zero attached hydrogens (tertiary/aromatic N) is 2. The van der Waals surface area contributed by atoms with Crippen molar-refractivity contribution < 1.29 is 17.7 Å². The standard InChI is InChI=1S/C18H19N3O4S/c1-12-7-8-13(2)16(9-12)26(22,23)19-11-17-20-18(21-25-17)14-5-4-6-15(10-14)24-3/h4-10,19H,11H2,1-3H3. The van der Waals surface area contributed by atoms with E-state index in [9.17, 15) is 8.42 Å². The molecule has 0 aliphatic carbocycles. The molecule has 26 heavy (non-hydrogen) atoms. The van der Waals surface area contributed by atoms with Crippen molar-refractivity contribution in [1.82, 2.24) is 14.9 Å². The average Bonchev–Trinajstić information content (AvgIpc) is 3.11. The summed E-state index contributed by atoms with van der Waals surface area (Å²) < 4.78 is 37.9. The quantitative estimate of drug-likeness (QED) is 0.714. The fourth-order valence-corrected chi connectivity index (χ4v) is 3.74. The van der Waals surface area contributed by atoms with Crippen LogP contribution in [-0.4, -0.2) is 25.7 Å². The normalized spacial score (nSPS) is 11.5. The Morgan fingerprint density at radius 3 is 2.73 bits per heavy atom. The average molecular weight is 373 g/mol. The topological polar surface area (TPSA) is 94.3 Å². The van der Waals surface area contributed by atoms with Gasteiger partial charge >= 0.3 is 0 Å². The molecule has 3 aromatic rings. The van der Waals surface area contributed by atoms with Gasteiger partial charge in [0.25, 0.3) is 0 Å². The second-order valence-corrected chi connectivity index (χ2v) is 7.57. The van der Waals surface area contributed by atoms with Crippen LogP contribution in [-0.2, 0) is 16.6 Å². The van der Waals surface area contributed by atoms with Gasteiger partial charge in [-0.05, 0) is 43.2 Å². The molecule has 0 saturated heterocycles. The Kier molecular flexibility index (Phi) is 5.06. The predicted molar refractivity (Wildman–Crippen MR) is 96.2 cm³/mol. The molecule has 0 aliphatic heterocycles. The highest BCUT2D eigenvalue weighted by molar-refractivity contribution is 7.89. The number of sulfonamides is 1. The third-order valence-electron chi connectivity index (χ3n) is 3.84. The zero-order chi connectivity index (χ0) is 18.7. The monoisotopic (exact) mass is 373 g/mol. The second-order valence-electron chi connectivity index (χ2n) is 5.84. The lowest BCUT2D eigenvalue weighted by atomic mass is 10.2. The van der Waals surface area contributed by atoms with Crippen molar-refractivity contribution in [3.8, 4) is 17.1 Å². The van der Waals surface area contributed by atoms with E-state index in [1.54, 1.807) is 32.2 Å². The van der Waals surface area contributed by atoms with Crippen LogP contribution in [0.5, 0.6) is 5.75 Å². The molecule has 8 heteroatoms. The minimum atomic E-state index is -3.68. The van der Waals surface area contributed by atoms with Gasteiger partial charge in [0, 0.05) is 5.56 Å². The maximum atomic E-state index is 12.5. The molecule has 7 nitrogen and oxygen atoms in total. The van der Waals surface area contributed by atoms with Crippen molar-refractivity contribution in [3.05, 3.63) is 59.5 Å². The van der Waals surface area contributed by atoms with Gasteiger partial charge in [0.1, 0.15) is 5.75 Å². The second kappa shape index (κ2) is 7.27. The zero-order valence-electron chi connectivity index (χ0n) is 14.7. The molecule has 1 aromatic heterocycles. The van der Waals surface area contributed by atoms with E-state index in [1.165, 1.54) is 0 Å². The van der Waals surface area contributed by atoms with E-state index in [0.717, 1.165) is 11.1 Å². The lowest BCUT2D eigenvalue weighted by molar-refractivity contribution is 0.376. The van der Waals surface area contributed by atoms with Crippen LogP contribution in [0.1, 0.15) is 17.0 Å². The summed E-state index contributed by atoms with van der Waals surface area (Å²) in [6.07, 6.45) is 0. The third-order valence-corrected chi connectivity index (χ3v) is 5.39. The van der Waals surface area contributed by atoms with Gasteiger partial charge in [-0.25, -0.2) is 13.1 Å². The molecular formula is C18H19N3O4S. The summed E-state index contributed by atoms with van der Waals surface area (Å²) >= 11 is 0. The van der Waals surface area contributed by atoms with E-state index in [2.05, 4.69) is 14.9 Å². The molecule has 136 valence electrons. The fourth-order valence-electron chi connectivity index (χ4n) is 2.44. The molecule has 0 spiro atoms. The number of aromatic nitrogens is 2. The van der Waals surface area contributed by atoms with E-state index in [0.29, 0.717) is 17.1 Å². The zero-order valence-corrected chi connectivity index (χ0v) is 15.5. The van der Waals surface area contributed by atoms with Crippen molar-refractivity contribution in [2.75, 3.05) is 7.11 Å². The summed E-state index contributed by atoms with van der Waals surface area (Å²) in [6.45, 7) is 3.51. The third kappa shape index (κ3) is 3.92. The van der Waals surface area contributed by atoms with Gasteiger partial charge in [-0.2, -0.15) is 4.98 Å². The van der Waals surface area contributed by atoms with Crippen LogP contribution in [0, 0.1) is 13.8 Å².